The van der Waals surface area contributed by atoms with E-state index in [2.05, 4.69) is 18.7 Å². The van der Waals surface area contributed by atoms with Gasteiger partial charge in [0.15, 0.2) is 5.13 Å². The van der Waals surface area contributed by atoms with Crippen LogP contribution < -0.4 is 9.64 Å². The third kappa shape index (κ3) is 6.04. The van der Waals surface area contributed by atoms with E-state index in [9.17, 15) is 4.79 Å². The lowest BCUT2D eigenvalue weighted by Gasteiger charge is -2.27. The van der Waals surface area contributed by atoms with E-state index in [1.54, 1.807) is 23.8 Å². The number of hydrogen-bond acceptors (Lipinski definition) is 7. The number of amides is 1. The zero-order valence-electron chi connectivity index (χ0n) is 19.8. The van der Waals surface area contributed by atoms with Gasteiger partial charge in [0.05, 0.1) is 30.0 Å². The van der Waals surface area contributed by atoms with Gasteiger partial charge in [0, 0.05) is 41.9 Å². The molecule has 1 fully saturated rings. The van der Waals surface area contributed by atoms with Gasteiger partial charge in [-0.2, -0.15) is 0 Å². The Labute approximate surface area is 214 Å². The van der Waals surface area contributed by atoms with Crippen molar-refractivity contribution in [3.05, 3.63) is 47.0 Å². The Morgan fingerprint density at radius 1 is 1.29 bits per heavy atom. The Kier molecular flexibility index (Phi) is 8.71. The third-order valence-electron chi connectivity index (χ3n) is 5.56. The number of hydrogen-bond donors (Lipinski definition) is 0. The van der Waals surface area contributed by atoms with Crippen molar-refractivity contribution < 1.29 is 14.3 Å². The number of aromatic nitrogens is 1. The van der Waals surface area contributed by atoms with Gasteiger partial charge in [-0.25, -0.2) is 4.98 Å². The highest BCUT2D eigenvalue weighted by molar-refractivity contribution is 7.99. The molecule has 1 amide bonds. The van der Waals surface area contributed by atoms with Crippen molar-refractivity contribution in [3.63, 3.8) is 0 Å². The van der Waals surface area contributed by atoms with Crippen LogP contribution in [-0.2, 0) is 4.74 Å². The number of rotatable bonds is 9. The Bertz CT molecular complexity index is 1130. The first-order valence-corrected chi connectivity index (χ1v) is 13.6. The summed E-state index contributed by atoms with van der Waals surface area (Å²) in [4.78, 5) is 23.8. The summed E-state index contributed by atoms with van der Waals surface area (Å²) in [5, 5.41) is 1.68. The third-order valence-corrected chi connectivity index (χ3v) is 8.09. The van der Waals surface area contributed by atoms with E-state index in [-0.39, 0.29) is 5.91 Å². The number of anilines is 1. The number of carbonyl (C=O) groups is 1. The number of thioether (sulfide) groups is 1. The summed E-state index contributed by atoms with van der Waals surface area (Å²) < 4.78 is 11.8. The number of nitrogens with zero attached hydrogens (tertiary/aromatic N) is 3. The molecule has 0 bridgehead atoms. The molecule has 1 saturated heterocycles. The molecule has 0 spiro atoms. The van der Waals surface area contributed by atoms with Gasteiger partial charge >= 0.3 is 0 Å². The van der Waals surface area contributed by atoms with Crippen LogP contribution in [0.5, 0.6) is 5.75 Å². The fourth-order valence-corrected chi connectivity index (χ4v) is 6.09. The number of carbonyl (C=O) groups excluding carboxylic acids is 1. The van der Waals surface area contributed by atoms with Gasteiger partial charge in [-0.3, -0.25) is 14.6 Å². The second kappa shape index (κ2) is 11.7. The van der Waals surface area contributed by atoms with E-state index >= 15 is 0 Å². The van der Waals surface area contributed by atoms with Gasteiger partial charge in [-0.15, -0.1) is 11.8 Å². The molecule has 1 aromatic heterocycles. The van der Waals surface area contributed by atoms with Gasteiger partial charge in [-0.05, 0) is 36.8 Å². The lowest BCUT2D eigenvalue weighted by molar-refractivity contribution is 0.0376. The Hall–Kier alpha value is -1.84. The number of benzene rings is 2. The fourth-order valence-electron chi connectivity index (χ4n) is 3.91. The molecule has 34 heavy (non-hydrogen) atoms. The summed E-state index contributed by atoms with van der Waals surface area (Å²) in [6, 6.07) is 11.5. The molecular weight excluding hydrogens is 490 g/mol. The Morgan fingerprint density at radius 3 is 2.82 bits per heavy atom. The van der Waals surface area contributed by atoms with Gasteiger partial charge in [0.1, 0.15) is 11.3 Å². The second-order valence-corrected chi connectivity index (χ2v) is 11.4. The topological polar surface area (TPSA) is 54.9 Å². The number of ether oxygens (including phenoxy) is 2. The standard InChI is InChI=1S/C25H30ClN3O3S2/c1-17(2)33-19-7-4-6-18(16-19)24(30)29(11-5-10-28-12-14-32-15-13-28)25-27-22-21(31-3)9-8-20(26)23(22)34-25/h4,6-9,16-17H,5,10-15H2,1-3H3. The minimum absolute atomic E-state index is 0.0534. The van der Waals surface area contributed by atoms with Crippen LogP contribution in [0.4, 0.5) is 5.13 Å². The number of fused-ring (bicyclic) bond motifs is 1. The zero-order chi connectivity index (χ0) is 24.1. The average Bonchev–Trinajstić information content (AvgIpc) is 3.28. The van der Waals surface area contributed by atoms with Crippen LogP contribution in [0, 0.1) is 0 Å². The van der Waals surface area contributed by atoms with Crippen LogP contribution in [0.3, 0.4) is 0 Å². The first-order chi connectivity index (χ1) is 16.5. The van der Waals surface area contributed by atoms with Crippen molar-refractivity contribution in [2.45, 2.75) is 30.4 Å². The summed E-state index contributed by atoms with van der Waals surface area (Å²) in [5.41, 5.74) is 1.35. The predicted octanol–water partition coefficient (Wildman–Crippen LogP) is 5.83. The minimum Gasteiger partial charge on any atom is -0.494 e. The fraction of sp³-hybridized carbons (Fsp3) is 0.440. The number of morpholine rings is 1. The van der Waals surface area contributed by atoms with Crippen LogP contribution >= 0.6 is 34.7 Å². The van der Waals surface area contributed by atoms with Crippen LogP contribution in [-0.4, -0.2) is 67.5 Å². The highest BCUT2D eigenvalue weighted by Crippen LogP contribution is 2.39. The smallest absolute Gasteiger partial charge is 0.260 e. The van der Waals surface area contributed by atoms with E-state index in [1.165, 1.54) is 11.3 Å². The first kappa shape index (κ1) is 25.3. The maximum absolute atomic E-state index is 13.8. The lowest BCUT2D eigenvalue weighted by atomic mass is 10.2. The summed E-state index contributed by atoms with van der Waals surface area (Å²) in [5.74, 6) is 0.597. The largest absolute Gasteiger partial charge is 0.494 e. The van der Waals surface area contributed by atoms with Crippen molar-refractivity contribution in [1.29, 1.82) is 0 Å². The average molecular weight is 520 g/mol. The highest BCUT2D eigenvalue weighted by Gasteiger charge is 2.24. The molecule has 2 aromatic carbocycles. The lowest BCUT2D eigenvalue weighted by Crippen LogP contribution is -2.39. The maximum atomic E-state index is 13.8. The van der Waals surface area contributed by atoms with Crippen molar-refractivity contribution >= 4 is 56.0 Å². The monoisotopic (exact) mass is 519 g/mol. The van der Waals surface area contributed by atoms with Crippen LogP contribution in [0.15, 0.2) is 41.3 Å². The molecule has 0 atom stereocenters. The van der Waals surface area contributed by atoms with Gasteiger partial charge in [-0.1, -0.05) is 42.9 Å². The molecule has 0 aliphatic carbocycles. The van der Waals surface area contributed by atoms with Gasteiger partial charge in [0.2, 0.25) is 0 Å². The summed E-state index contributed by atoms with van der Waals surface area (Å²) in [6.45, 7) is 9.15. The number of halogens is 1. The van der Waals surface area contributed by atoms with Crippen LogP contribution in [0.25, 0.3) is 10.2 Å². The van der Waals surface area contributed by atoms with Crippen LogP contribution in [0.1, 0.15) is 30.6 Å². The molecule has 6 nitrogen and oxygen atoms in total. The summed E-state index contributed by atoms with van der Waals surface area (Å²) in [6.07, 6.45) is 0.840. The molecule has 0 N–H and O–H groups in total. The van der Waals surface area contributed by atoms with E-state index in [1.807, 2.05) is 36.4 Å². The summed E-state index contributed by atoms with van der Waals surface area (Å²) >= 11 is 9.64. The second-order valence-electron chi connectivity index (χ2n) is 8.38. The molecular formula is C25H30ClN3O3S2. The minimum atomic E-state index is -0.0534. The SMILES string of the molecule is COc1ccc(Cl)c2sc(N(CCCN3CCOCC3)C(=O)c3cccc(SC(C)C)c3)nc12. The number of thiazole rings is 1. The molecule has 0 saturated carbocycles. The Morgan fingerprint density at radius 2 is 2.09 bits per heavy atom. The number of methoxy groups -OCH3 is 1. The van der Waals surface area contributed by atoms with E-state index in [0.717, 1.165) is 48.9 Å². The molecule has 182 valence electrons. The molecule has 1 aliphatic heterocycles. The molecule has 9 heteroatoms. The molecule has 1 aliphatic rings. The van der Waals surface area contributed by atoms with E-state index in [0.29, 0.717) is 38.8 Å². The molecule has 3 aromatic rings. The van der Waals surface area contributed by atoms with Gasteiger partial charge < -0.3 is 9.47 Å². The van der Waals surface area contributed by atoms with Crippen molar-refractivity contribution in [3.8, 4) is 5.75 Å². The van der Waals surface area contributed by atoms with Gasteiger partial charge in [0.25, 0.3) is 5.91 Å². The molecule has 0 unspecified atom stereocenters. The van der Waals surface area contributed by atoms with Crippen LogP contribution in [0.2, 0.25) is 5.02 Å². The molecule has 2 heterocycles. The Balaban J connectivity index is 1.63. The van der Waals surface area contributed by atoms with E-state index in [4.69, 9.17) is 26.1 Å². The molecule has 4 rings (SSSR count). The van der Waals surface area contributed by atoms with Crippen molar-refractivity contribution in [1.82, 2.24) is 9.88 Å². The summed E-state index contributed by atoms with van der Waals surface area (Å²) in [7, 11) is 1.62. The maximum Gasteiger partial charge on any atom is 0.260 e. The van der Waals surface area contributed by atoms with Crippen molar-refractivity contribution in [2.24, 2.45) is 0 Å². The highest BCUT2D eigenvalue weighted by atomic mass is 35.5. The molecule has 0 radical (unpaired) electrons. The zero-order valence-corrected chi connectivity index (χ0v) is 22.1. The normalized spacial score (nSPS) is 14.6. The predicted molar refractivity (Wildman–Crippen MR) is 142 cm³/mol. The quantitative estimate of drug-likeness (QED) is 0.332. The van der Waals surface area contributed by atoms with Crippen molar-refractivity contribution in [2.75, 3.05) is 51.4 Å². The first-order valence-electron chi connectivity index (χ1n) is 11.5. The van der Waals surface area contributed by atoms with E-state index < -0.39 is 0 Å².